The van der Waals surface area contributed by atoms with E-state index in [9.17, 15) is 13.2 Å². The number of aromatic nitrogens is 4. The molecule has 2 aromatic heterocycles. The van der Waals surface area contributed by atoms with Crippen LogP contribution in [0.2, 0.25) is 0 Å². The lowest BCUT2D eigenvalue weighted by atomic mass is 9.68. The maximum atomic E-state index is 14.3. The molecule has 1 saturated heterocycles. The number of fused-ring (bicyclic) bond motifs is 2. The highest BCUT2D eigenvalue weighted by atomic mass is 32.2. The molecule has 1 fully saturated rings. The van der Waals surface area contributed by atoms with E-state index in [1.54, 1.807) is 23.5 Å². The van der Waals surface area contributed by atoms with Crippen molar-refractivity contribution in [2.24, 2.45) is 5.41 Å². The van der Waals surface area contributed by atoms with Gasteiger partial charge in [-0.1, -0.05) is 43.3 Å². The van der Waals surface area contributed by atoms with Crippen molar-refractivity contribution < 1.29 is 22.7 Å². The van der Waals surface area contributed by atoms with Crippen molar-refractivity contribution in [3.05, 3.63) is 76.0 Å². The SMILES string of the molecule is CCn1nnc2c(C)c([C@H](c3ccc(C)c(CN4CC5(CCOCC5)Oc5ncc(C)cc5S4(=O)=O)c3)C(C)(C)C(C)=O)ccc21. The zero-order valence-electron chi connectivity index (χ0n) is 27.8. The Labute approximate surface area is 271 Å². The van der Waals surface area contributed by atoms with Crippen LogP contribution in [0.4, 0.5) is 0 Å². The van der Waals surface area contributed by atoms with Gasteiger partial charge in [-0.25, -0.2) is 18.1 Å². The number of benzene rings is 2. The fraction of sp³-hybridized carbons (Fsp3) is 0.486. The van der Waals surface area contributed by atoms with Gasteiger partial charge in [0.2, 0.25) is 15.9 Å². The monoisotopic (exact) mass is 645 g/mol. The summed E-state index contributed by atoms with van der Waals surface area (Å²) in [7, 11) is -3.96. The van der Waals surface area contributed by atoms with Gasteiger partial charge in [0.1, 0.15) is 21.8 Å². The average Bonchev–Trinajstić information content (AvgIpc) is 3.41. The number of aryl methyl sites for hydroxylation is 4. The van der Waals surface area contributed by atoms with Crippen LogP contribution in [0.1, 0.15) is 79.8 Å². The third-order valence-electron chi connectivity index (χ3n) is 10.0. The maximum absolute atomic E-state index is 14.3. The number of rotatable bonds is 7. The molecule has 0 unspecified atom stereocenters. The maximum Gasteiger partial charge on any atom is 0.248 e. The number of hydrogen-bond donors (Lipinski definition) is 0. The van der Waals surface area contributed by atoms with Gasteiger partial charge in [0, 0.05) is 43.5 Å². The summed E-state index contributed by atoms with van der Waals surface area (Å²) in [5.74, 6) is -0.0989. The molecule has 46 heavy (non-hydrogen) atoms. The van der Waals surface area contributed by atoms with Crippen LogP contribution < -0.4 is 4.74 Å². The molecule has 4 heterocycles. The molecule has 10 nitrogen and oxygen atoms in total. The van der Waals surface area contributed by atoms with Crippen molar-refractivity contribution in [3.8, 4) is 5.88 Å². The van der Waals surface area contributed by atoms with E-state index in [-0.39, 0.29) is 35.6 Å². The number of nitrogens with zero attached hydrogens (tertiary/aromatic N) is 5. The summed E-state index contributed by atoms with van der Waals surface area (Å²) in [6.07, 6.45) is 2.77. The molecule has 2 aliphatic rings. The van der Waals surface area contributed by atoms with Crippen molar-refractivity contribution in [3.63, 3.8) is 0 Å². The molecule has 0 amide bonds. The second-order valence-corrected chi connectivity index (χ2v) is 15.3. The Morgan fingerprint density at radius 2 is 1.83 bits per heavy atom. The number of sulfonamides is 1. The minimum Gasteiger partial charge on any atom is -0.468 e. The van der Waals surface area contributed by atoms with Crippen LogP contribution in [-0.4, -0.2) is 63.8 Å². The summed E-state index contributed by atoms with van der Waals surface area (Å²) in [6.45, 7) is 15.5. The molecule has 0 aliphatic carbocycles. The van der Waals surface area contributed by atoms with Crippen molar-refractivity contribution in [2.45, 2.75) is 90.8 Å². The van der Waals surface area contributed by atoms with Crippen molar-refractivity contribution in [1.82, 2.24) is 24.3 Å². The highest BCUT2D eigenvalue weighted by Gasteiger charge is 2.46. The summed E-state index contributed by atoms with van der Waals surface area (Å²) in [4.78, 5) is 17.7. The Morgan fingerprint density at radius 1 is 1.09 bits per heavy atom. The van der Waals surface area contributed by atoms with E-state index in [2.05, 4.69) is 33.5 Å². The van der Waals surface area contributed by atoms with Crippen LogP contribution in [-0.2, 0) is 32.6 Å². The molecule has 6 rings (SSSR count). The Bertz CT molecular complexity index is 1930. The standard InChI is InChI=1S/C35H43N5O5S/c1-8-40-29-12-11-28(24(4)32(29)37-38-40)31(34(6,7)25(5)41)26-10-9-23(3)27(18-26)20-39-21-35(13-15-44-16-14-35)45-33-30(46(39,42)43)17-22(2)19-36-33/h9-12,17-19,31H,8,13-16,20-21H2,1-7H3/t31-/m0/s1. The number of carbonyl (C=O) groups is 1. The Hall–Kier alpha value is -3.67. The van der Waals surface area contributed by atoms with Crippen LogP contribution >= 0.6 is 0 Å². The van der Waals surface area contributed by atoms with Gasteiger partial charge in [0.25, 0.3) is 0 Å². The van der Waals surface area contributed by atoms with Crippen LogP contribution in [0, 0.1) is 26.2 Å². The van der Waals surface area contributed by atoms with E-state index in [0.29, 0.717) is 32.6 Å². The minimum absolute atomic E-state index is 0.0597. The number of carbonyl (C=O) groups excluding carboxylic acids is 1. The molecule has 0 N–H and O–H groups in total. The molecule has 0 radical (unpaired) electrons. The highest BCUT2D eigenvalue weighted by Crippen LogP contribution is 2.45. The number of Topliss-reactive ketones (excluding diaryl/α,β-unsaturated/α-hetero) is 1. The van der Waals surface area contributed by atoms with Gasteiger partial charge in [-0.3, -0.25) is 4.79 Å². The zero-order chi connectivity index (χ0) is 33.0. The molecule has 4 aromatic rings. The van der Waals surface area contributed by atoms with E-state index in [1.165, 1.54) is 0 Å². The third-order valence-corrected chi connectivity index (χ3v) is 11.8. The van der Waals surface area contributed by atoms with E-state index in [4.69, 9.17) is 9.47 Å². The highest BCUT2D eigenvalue weighted by molar-refractivity contribution is 7.89. The Morgan fingerprint density at radius 3 is 2.52 bits per heavy atom. The Kier molecular flexibility index (Phi) is 8.31. The van der Waals surface area contributed by atoms with Crippen molar-refractivity contribution >= 4 is 26.8 Å². The van der Waals surface area contributed by atoms with Crippen LogP contribution in [0.3, 0.4) is 0 Å². The lowest BCUT2D eigenvalue weighted by Gasteiger charge is -2.38. The first kappa shape index (κ1) is 32.3. The van der Waals surface area contributed by atoms with Gasteiger partial charge < -0.3 is 9.47 Å². The van der Waals surface area contributed by atoms with Gasteiger partial charge in [-0.2, -0.15) is 4.31 Å². The largest absolute Gasteiger partial charge is 0.468 e. The number of ether oxygens (including phenoxy) is 2. The molecule has 2 aromatic carbocycles. The minimum atomic E-state index is -3.96. The second-order valence-electron chi connectivity index (χ2n) is 13.4. The summed E-state index contributed by atoms with van der Waals surface area (Å²) in [5.41, 5.74) is 5.75. The molecule has 0 saturated carbocycles. The first-order valence-corrected chi connectivity index (χ1v) is 17.4. The van der Waals surface area contributed by atoms with Gasteiger partial charge in [0.05, 0.1) is 25.3 Å². The van der Waals surface area contributed by atoms with E-state index < -0.39 is 21.0 Å². The van der Waals surface area contributed by atoms with Gasteiger partial charge >= 0.3 is 0 Å². The van der Waals surface area contributed by atoms with Crippen molar-refractivity contribution in [2.75, 3.05) is 19.8 Å². The normalized spacial score (nSPS) is 18.6. The van der Waals surface area contributed by atoms with Crippen LogP contribution in [0.25, 0.3) is 11.0 Å². The average molecular weight is 646 g/mol. The van der Waals surface area contributed by atoms with Gasteiger partial charge in [-0.05, 0) is 80.1 Å². The molecule has 11 heteroatoms. The molecular formula is C35H43N5O5S. The summed E-state index contributed by atoms with van der Waals surface area (Å²) >= 11 is 0. The predicted octanol–water partition coefficient (Wildman–Crippen LogP) is 5.65. The Balaban J connectivity index is 1.46. The lowest BCUT2D eigenvalue weighted by molar-refractivity contribution is -0.125. The third kappa shape index (κ3) is 5.52. The lowest BCUT2D eigenvalue weighted by Crippen LogP contribution is -2.50. The first-order valence-electron chi connectivity index (χ1n) is 15.9. The molecule has 1 spiro atoms. The number of hydrogen-bond acceptors (Lipinski definition) is 8. The van der Waals surface area contributed by atoms with Crippen molar-refractivity contribution in [1.29, 1.82) is 0 Å². The summed E-state index contributed by atoms with van der Waals surface area (Å²) in [5, 5.41) is 8.81. The first-order chi connectivity index (χ1) is 21.8. The fourth-order valence-corrected chi connectivity index (χ4v) is 8.51. The smallest absolute Gasteiger partial charge is 0.248 e. The molecule has 2 aliphatic heterocycles. The van der Waals surface area contributed by atoms with E-state index in [0.717, 1.165) is 44.4 Å². The van der Waals surface area contributed by atoms with Gasteiger partial charge in [-0.15, -0.1) is 5.10 Å². The fourth-order valence-electron chi connectivity index (χ4n) is 6.87. The quantitative estimate of drug-likeness (QED) is 0.253. The molecular weight excluding hydrogens is 602 g/mol. The van der Waals surface area contributed by atoms with Gasteiger partial charge in [0.15, 0.2) is 0 Å². The second kappa shape index (κ2) is 11.8. The number of ketones is 1. The number of pyridine rings is 1. The molecule has 1 atom stereocenters. The van der Waals surface area contributed by atoms with E-state index >= 15 is 0 Å². The predicted molar refractivity (Wildman–Crippen MR) is 175 cm³/mol. The molecule has 244 valence electrons. The van der Waals surface area contributed by atoms with Crippen LogP contribution in [0.5, 0.6) is 5.88 Å². The summed E-state index contributed by atoms with van der Waals surface area (Å²) in [6, 6.07) is 11.9. The topological polar surface area (TPSA) is 117 Å². The van der Waals surface area contributed by atoms with E-state index in [1.807, 2.05) is 58.4 Å². The molecule has 0 bridgehead atoms. The summed E-state index contributed by atoms with van der Waals surface area (Å²) < 4.78 is 44.2. The zero-order valence-corrected chi connectivity index (χ0v) is 28.6. The van der Waals surface area contributed by atoms with Crippen LogP contribution in [0.15, 0.2) is 47.5 Å².